The van der Waals surface area contributed by atoms with Crippen LogP contribution in [0.1, 0.15) is 39.0 Å². The van der Waals surface area contributed by atoms with Gasteiger partial charge in [0.15, 0.2) is 0 Å². The molecule has 2 aliphatic rings. The van der Waals surface area contributed by atoms with E-state index in [9.17, 15) is 9.59 Å². The summed E-state index contributed by atoms with van der Waals surface area (Å²) in [6, 6.07) is 0.684. The number of carbonyl (C=O) groups is 2. The molecule has 0 aromatic rings. The van der Waals surface area contributed by atoms with E-state index in [1.807, 2.05) is 4.90 Å². The molecule has 2 aliphatic heterocycles. The van der Waals surface area contributed by atoms with Crippen molar-refractivity contribution in [3.8, 4) is 0 Å². The predicted octanol–water partition coefficient (Wildman–Crippen LogP) is 1.37. The van der Waals surface area contributed by atoms with Gasteiger partial charge in [-0.2, -0.15) is 0 Å². The average molecular weight is 324 g/mol. The van der Waals surface area contributed by atoms with Crippen molar-refractivity contribution < 1.29 is 9.59 Å². The van der Waals surface area contributed by atoms with Gasteiger partial charge in [0, 0.05) is 52.2 Å². The molecule has 2 fully saturated rings. The highest BCUT2D eigenvalue weighted by atomic mass is 16.2. The van der Waals surface area contributed by atoms with Crippen molar-refractivity contribution in [3.05, 3.63) is 0 Å². The van der Waals surface area contributed by atoms with Crippen molar-refractivity contribution >= 4 is 11.9 Å². The van der Waals surface area contributed by atoms with Crippen molar-refractivity contribution in [1.29, 1.82) is 0 Å². The van der Waals surface area contributed by atoms with Crippen molar-refractivity contribution in [3.63, 3.8) is 0 Å². The average Bonchev–Trinajstić information content (AvgIpc) is 2.56. The third-order valence-corrected chi connectivity index (χ3v) is 5.16. The largest absolute Gasteiger partial charge is 0.355 e. The number of nitrogens with one attached hydrogen (secondary N) is 1. The van der Waals surface area contributed by atoms with E-state index in [1.54, 1.807) is 19.0 Å². The minimum absolute atomic E-state index is 0.0444. The van der Waals surface area contributed by atoms with E-state index in [0.717, 1.165) is 32.5 Å². The summed E-state index contributed by atoms with van der Waals surface area (Å²) in [6.07, 6.45) is 5.41. The molecule has 6 heteroatoms. The lowest BCUT2D eigenvalue weighted by atomic mass is 9.96. The second-order valence-corrected chi connectivity index (χ2v) is 7.11. The topological polar surface area (TPSA) is 55.9 Å². The summed E-state index contributed by atoms with van der Waals surface area (Å²) in [5.41, 5.74) is 0. The summed E-state index contributed by atoms with van der Waals surface area (Å²) in [5.74, 6) is 0.214. The normalized spacial score (nSPS) is 23.6. The Morgan fingerprint density at radius 2 is 1.78 bits per heavy atom. The zero-order chi connectivity index (χ0) is 16.8. The summed E-state index contributed by atoms with van der Waals surface area (Å²) in [4.78, 5) is 30.1. The molecule has 0 unspecified atom stereocenters. The number of urea groups is 1. The van der Waals surface area contributed by atoms with E-state index >= 15 is 0 Å². The fourth-order valence-corrected chi connectivity index (χ4v) is 3.57. The summed E-state index contributed by atoms with van der Waals surface area (Å²) >= 11 is 0. The molecule has 2 heterocycles. The second-order valence-electron chi connectivity index (χ2n) is 7.11. The predicted molar refractivity (Wildman–Crippen MR) is 91.3 cm³/mol. The first-order valence-corrected chi connectivity index (χ1v) is 8.97. The molecule has 6 nitrogen and oxygen atoms in total. The van der Waals surface area contributed by atoms with Gasteiger partial charge in [-0.05, 0) is 39.2 Å². The lowest BCUT2D eigenvalue weighted by Gasteiger charge is -2.34. The molecular weight excluding hydrogens is 292 g/mol. The van der Waals surface area contributed by atoms with Gasteiger partial charge in [0.25, 0.3) is 0 Å². The summed E-state index contributed by atoms with van der Waals surface area (Å²) < 4.78 is 0. The Balaban J connectivity index is 1.66. The van der Waals surface area contributed by atoms with E-state index < -0.39 is 0 Å². The maximum atomic E-state index is 12.3. The number of amides is 3. The Bertz CT molecular complexity index is 405. The smallest absolute Gasteiger partial charge is 0.319 e. The first kappa shape index (κ1) is 18.0. The van der Waals surface area contributed by atoms with Crippen LogP contribution in [0.15, 0.2) is 0 Å². The number of nitrogens with zero attached hydrogens (tertiary/aromatic N) is 3. The van der Waals surface area contributed by atoms with Gasteiger partial charge in [-0.1, -0.05) is 6.42 Å². The third kappa shape index (κ3) is 5.09. The van der Waals surface area contributed by atoms with Gasteiger partial charge in [0.2, 0.25) is 5.91 Å². The lowest BCUT2D eigenvalue weighted by Crippen LogP contribution is -2.47. The van der Waals surface area contributed by atoms with Crippen molar-refractivity contribution in [2.75, 3.05) is 46.8 Å². The van der Waals surface area contributed by atoms with Gasteiger partial charge in [-0.25, -0.2) is 4.79 Å². The highest BCUT2D eigenvalue weighted by Gasteiger charge is 2.28. The van der Waals surface area contributed by atoms with E-state index in [0.29, 0.717) is 19.1 Å². The molecule has 0 aromatic heterocycles. The van der Waals surface area contributed by atoms with Gasteiger partial charge >= 0.3 is 6.03 Å². The van der Waals surface area contributed by atoms with Crippen molar-refractivity contribution in [1.82, 2.24) is 20.0 Å². The number of rotatable bonds is 4. The highest BCUT2D eigenvalue weighted by Crippen LogP contribution is 2.18. The fourth-order valence-electron chi connectivity index (χ4n) is 3.57. The summed E-state index contributed by atoms with van der Waals surface area (Å²) in [5, 5.41) is 3.09. The standard InChI is InChI=1S/C17H32N4O2/c1-14-6-4-5-10-20(14)13-9-18-16(22)15-7-11-21(12-8-15)17(23)19(2)3/h14-15H,4-13H2,1-3H3,(H,18,22)/t14-/m0/s1. The van der Waals surface area contributed by atoms with Crippen LogP contribution in [-0.2, 0) is 4.79 Å². The molecular formula is C17H32N4O2. The number of carbonyl (C=O) groups excluding carboxylic acids is 2. The lowest BCUT2D eigenvalue weighted by molar-refractivity contribution is -0.126. The zero-order valence-corrected chi connectivity index (χ0v) is 14.9. The second kappa shape index (κ2) is 8.52. The van der Waals surface area contributed by atoms with Crippen LogP contribution >= 0.6 is 0 Å². The van der Waals surface area contributed by atoms with Gasteiger partial charge in [0.1, 0.15) is 0 Å². The van der Waals surface area contributed by atoms with Crippen LogP contribution in [0, 0.1) is 5.92 Å². The molecule has 0 saturated carbocycles. The van der Waals surface area contributed by atoms with Gasteiger partial charge in [0.05, 0.1) is 0 Å². The Morgan fingerprint density at radius 3 is 2.39 bits per heavy atom. The molecule has 2 saturated heterocycles. The molecule has 0 aliphatic carbocycles. The Kier molecular flexibility index (Phi) is 6.69. The van der Waals surface area contributed by atoms with Crippen LogP contribution in [-0.4, -0.2) is 79.5 Å². The molecule has 3 amide bonds. The van der Waals surface area contributed by atoms with E-state index in [1.165, 1.54) is 19.3 Å². The molecule has 0 spiro atoms. The highest BCUT2D eigenvalue weighted by molar-refractivity contribution is 5.79. The Labute approximate surface area is 140 Å². The van der Waals surface area contributed by atoms with Crippen molar-refractivity contribution in [2.45, 2.75) is 45.1 Å². The van der Waals surface area contributed by atoms with Crippen molar-refractivity contribution in [2.24, 2.45) is 5.92 Å². The van der Waals surface area contributed by atoms with Crippen LogP contribution in [0.5, 0.6) is 0 Å². The fraction of sp³-hybridized carbons (Fsp3) is 0.882. The SMILES string of the molecule is C[C@H]1CCCCN1CCNC(=O)C1CCN(C(=O)N(C)C)CC1. The third-order valence-electron chi connectivity index (χ3n) is 5.16. The quantitative estimate of drug-likeness (QED) is 0.850. The maximum Gasteiger partial charge on any atom is 0.319 e. The van der Waals surface area contributed by atoms with E-state index in [-0.39, 0.29) is 17.9 Å². The number of piperidine rings is 2. The van der Waals surface area contributed by atoms with Crippen LogP contribution < -0.4 is 5.32 Å². The molecule has 0 aromatic carbocycles. The van der Waals surface area contributed by atoms with Gasteiger partial charge in [-0.15, -0.1) is 0 Å². The monoisotopic (exact) mass is 324 g/mol. The molecule has 132 valence electrons. The summed E-state index contributed by atoms with van der Waals surface area (Å²) in [7, 11) is 3.53. The minimum atomic E-state index is 0.0444. The molecule has 2 rings (SSSR count). The summed E-state index contributed by atoms with van der Waals surface area (Å²) in [6.45, 7) is 6.47. The van der Waals surface area contributed by atoms with Crippen LogP contribution in [0.3, 0.4) is 0 Å². The Morgan fingerprint density at radius 1 is 1.09 bits per heavy atom. The molecule has 1 N–H and O–H groups in total. The van der Waals surface area contributed by atoms with Gasteiger partial charge < -0.3 is 15.1 Å². The molecule has 1 atom stereocenters. The molecule has 23 heavy (non-hydrogen) atoms. The maximum absolute atomic E-state index is 12.3. The van der Waals surface area contributed by atoms with E-state index in [4.69, 9.17) is 0 Å². The van der Waals surface area contributed by atoms with E-state index in [2.05, 4.69) is 17.1 Å². The minimum Gasteiger partial charge on any atom is -0.355 e. The van der Waals surface area contributed by atoms with Crippen LogP contribution in [0.2, 0.25) is 0 Å². The number of likely N-dealkylation sites (tertiary alicyclic amines) is 2. The first-order chi connectivity index (χ1) is 11.0. The zero-order valence-electron chi connectivity index (χ0n) is 14.9. The number of hydrogen-bond donors (Lipinski definition) is 1. The first-order valence-electron chi connectivity index (χ1n) is 8.97. The molecule has 0 bridgehead atoms. The number of hydrogen-bond acceptors (Lipinski definition) is 3. The Hall–Kier alpha value is -1.30. The molecule has 0 radical (unpaired) electrons. The van der Waals surface area contributed by atoms with Crippen LogP contribution in [0.25, 0.3) is 0 Å². The van der Waals surface area contributed by atoms with Crippen LogP contribution in [0.4, 0.5) is 4.79 Å². The van der Waals surface area contributed by atoms with Gasteiger partial charge in [-0.3, -0.25) is 9.69 Å².